The molecule has 0 atom stereocenters. The predicted molar refractivity (Wildman–Crippen MR) is 8.54 cm³/mol. The van der Waals surface area contributed by atoms with E-state index in [0.29, 0.717) is 0 Å². The van der Waals surface area contributed by atoms with E-state index in [4.69, 9.17) is 0 Å². The van der Waals surface area contributed by atoms with Gasteiger partial charge in [0.1, 0.15) is 0 Å². The van der Waals surface area contributed by atoms with Gasteiger partial charge in [0.25, 0.3) is 0 Å². The first kappa shape index (κ1) is 31.0. The molecule has 0 spiro atoms. The van der Waals surface area contributed by atoms with Crippen molar-refractivity contribution in [2.75, 3.05) is 0 Å². The molecular weight excluding hydrogens is 534 g/mol. The quantitative estimate of drug-likeness (QED) is 0.352. The molecule has 0 bridgehead atoms. The van der Waals surface area contributed by atoms with E-state index in [1.807, 2.05) is 0 Å². The third-order valence-electron chi connectivity index (χ3n) is 0. The molecule has 0 unspecified atom stereocenters. The summed E-state index contributed by atoms with van der Waals surface area (Å²) >= 11 is 0. The van der Waals surface area contributed by atoms with Gasteiger partial charge in [0.2, 0.25) is 0 Å². The van der Waals surface area contributed by atoms with Crippen molar-refractivity contribution in [1.29, 1.82) is 0 Å². The smallest absolute Gasteiger partial charge is 0 e. The van der Waals surface area contributed by atoms with E-state index in [1.54, 1.807) is 0 Å². The predicted octanol–water partition coefficient (Wildman–Crippen LogP) is -0.921. The van der Waals surface area contributed by atoms with Crippen LogP contribution in [0.1, 0.15) is 0 Å². The maximum atomic E-state index is 0. The summed E-state index contributed by atoms with van der Waals surface area (Å²) < 4.78 is 0. The van der Waals surface area contributed by atoms with Crippen LogP contribution in [0, 0.1) is 79.1 Å². The van der Waals surface area contributed by atoms with Gasteiger partial charge in [0, 0.05) is 127 Å². The molecule has 0 aliphatic carbocycles. The van der Waals surface area contributed by atoms with E-state index in [-0.39, 0.29) is 172 Å². The monoisotopic (exact) mass is 534 g/mol. The fourth-order valence-electron chi connectivity index (χ4n) is 0. The molecule has 0 rings (SSSR count). The van der Waals surface area contributed by atoms with Crippen molar-refractivity contribution >= 4 is 45.5 Å². The van der Waals surface area contributed by atoms with E-state index in [2.05, 4.69) is 0 Å². The normalized spacial score (nSPS) is 0. The third-order valence-corrected chi connectivity index (χ3v) is 0. The minimum absolute atomic E-state index is 0. The molecule has 0 radical (unpaired) electrons. The molecule has 5 heavy (non-hydrogen) atoms. The fourth-order valence-corrected chi connectivity index (χ4v) is 0. The van der Waals surface area contributed by atoms with Gasteiger partial charge < -0.3 is 0 Å². The van der Waals surface area contributed by atoms with Crippen LogP contribution in [0.3, 0.4) is 0 Å². The second-order valence-electron chi connectivity index (χ2n) is 0. The molecule has 0 amide bonds. The SMILES string of the molecule is [Ce].[Er].[SrH2].[Ti].[Zr]. The van der Waals surface area contributed by atoms with Gasteiger partial charge in [-0.15, -0.1) is 0 Å². The van der Waals surface area contributed by atoms with Crippen LogP contribution < -0.4 is 0 Å². The van der Waals surface area contributed by atoms with Crippen LogP contribution in [-0.2, 0) is 47.9 Å². The Kier molecular flexibility index (Phi) is 140. The van der Waals surface area contributed by atoms with Crippen LogP contribution in [0.4, 0.5) is 0 Å². The molecule has 0 saturated heterocycles. The molecule has 0 heterocycles. The van der Waals surface area contributed by atoms with Gasteiger partial charge in [-0.2, -0.15) is 0 Å². The van der Waals surface area contributed by atoms with Gasteiger partial charge in [-0.1, -0.05) is 0 Å². The zero-order chi connectivity index (χ0) is 0. The molecule has 0 aliphatic rings. The van der Waals surface area contributed by atoms with Crippen LogP contribution in [0.25, 0.3) is 0 Å². The first-order chi connectivity index (χ1) is 0. The van der Waals surface area contributed by atoms with E-state index in [1.165, 1.54) is 0 Å². The summed E-state index contributed by atoms with van der Waals surface area (Å²) in [7, 11) is 0. The molecule has 0 N–H and O–H groups in total. The molecule has 0 aliphatic heterocycles. The average Bonchev–Trinajstić information content (AvgIpc) is 0. The number of rotatable bonds is 0. The van der Waals surface area contributed by atoms with Crippen molar-refractivity contribution in [2.45, 2.75) is 0 Å². The van der Waals surface area contributed by atoms with Gasteiger partial charge in [-0.05, 0) is 0 Å². The summed E-state index contributed by atoms with van der Waals surface area (Å²) in [6, 6.07) is 0. The molecule has 0 aromatic carbocycles. The Morgan fingerprint density at radius 2 is 1.00 bits per heavy atom. The van der Waals surface area contributed by atoms with Crippen LogP contribution in [0.15, 0.2) is 0 Å². The molecule has 0 nitrogen and oxygen atoms in total. The van der Waals surface area contributed by atoms with Crippen molar-refractivity contribution in [3.05, 3.63) is 0 Å². The summed E-state index contributed by atoms with van der Waals surface area (Å²) in [5.74, 6) is 0. The van der Waals surface area contributed by atoms with Crippen LogP contribution in [-0.4, -0.2) is 45.5 Å². The summed E-state index contributed by atoms with van der Waals surface area (Å²) in [6.07, 6.45) is 0. The van der Waals surface area contributed by atoms with Crippen LogP contribution in [0.2, 0.25) is 0 Å². The molecule has 5 heteroatoms. The minimum atomic E-state index is 0. The Bertz CT molecular complexity index is 11.6. The zero-order valence-corrected chi connectivity index (χ0v) is 10.8. The van der Waals surface area contributed by atoms with Crippen molar-refractivity contribution in [1.82, 2.24) is 0 Å². The van der Waals surface area contributed by atoms with Gasteiger partial charge in [-0.3, -0.25) is 0 Å². The molecule has 0 aromatic rings. The van der Waals surface area contributed by atoms with E-state index < -0.39 is 0 Å². The first-order valence-electron chi connectivity index (χ1n) is 0. The number of hydrogen-bond acceptors (Lipinski definition) is 0. The second kappa shape index (κ2) is 22.6. The molecular formula is H2CeErSrTiZr. The Hall–Kier alpha value is 5.70. The van der Waals surface area contributed by atoms with Gasteiger partial charge in [0.15, 0.2) is 0 Å². The number of hydrogen-bond donors (Lipinski definition) is 0. The molecule has 0 aromatic heterocycles. The maximum Gasteiger partial charge on any atom is 0 e. The van der Waals surface area contributed by atoms with E-state index in [9.17, 15) is 0 Å². The van der Waals surface area contributed by atoms with Crippen molar-refractivity contribution < 1.29 is 127 Å². The van der Waals surface area contributed by atoms with E-state index >= 15 is 0 Å². The van der Waals surface area contributed by atoms with Gasteiger partial charge in [-0.25, -0.2) is 0 Å². The molecule has 0 fully saturated rings. The largest absolute Gasteiger partial charge is 0 e. The summed E-state index contributed by atoms with van der Waals surface area (Å²) in [5, 5.41) is 0. The molecule has 28 valence electrons. The van der Waals surface area contributed by atoms with Crippen LogP contribution in [0.5, 0.6) is 0 Å². The van der Waals surface area contributed by atoms with Crippen LogP contribution >= 0.6 is 0 Å². The average molecular weight is 536 g/mol. The standard InChI is InChI=1S/Ce.Er.Sr.Ti.Zr.2H. The van der Waals surface area contributed by atoms with E-state index in [0.717, 1.165) is 0 Å². The Balaban J connectivity index is 0. The van der Waals surface area contributed by atoms with Crippen molar-refractivity contribution in [3.8, 4) is 0 Å². The van der Waals surface area contributed by atoms with Crippen molar-refractivity contribution in [3.63, 3.8) is 0 Å². The molecule has 0 saturated carbocycles. The third kappa shape index (κ3) is 17.7. The first-order valence-corrected chi connectivity index (χ1v) is 0. The topological polar surface area (TPSA) is 0 Å². The summed E-state index contributed by atoms with van der Waals surface area (Å²) in [5.41, 5.74) is 0. The maximum absolute atomic E-state index is 0. The van der Waals surface area contributed by atoms with Gasteiger partial charge >= 0.3 is 45.5 Å². The Labute approximate surface area is 167 Å². The summed E-state index contributed by atoms with van der Waals surface area (Å²) in [4.78, 5) is 0. The zero-order valence-electron chi connectivity index (χ0n) is 1.79. The Morgan fingerprint density at radius 1 is 1.00 bits per heavy atom. The van der Waals surface area contributed by atoms with Crippen molar-refractivity contribution in [2.24, 2.45) is 0 Å². The Morgan fingerprint density at radius 3 is 1.00 bits per heavy atom. The second-order valence-corrected chi connectivity index (χ2v) is 0. The van der Waals surface area contributed by atoms with Gasteiger partial charge in [0.05, 0.1) is 0 Å². The summed E-state index contributed by atoms with van der Waals surface area (Å²) in [6.45, 7) is 0. The fraction of sp³-hybridized carbons (Fsp3) is 0. The minimum Gasteiger partial charge on any atom is 0 e.